The van der Waals surface area contributed by atoms with E-state index in [1.807, 2.05) is 0 Å². The summed E-state index contributed by atoms with van der Waals surface area (Å²) in [5, 5.41) is 10.2. The van der Waals surface area contributed by atoms with E-state index in [0.717, 1.165) is 0 Å². The van der Waals surface area contributed by atoms with Gasteiger partial charge in [-0.25, -0.2) is 4.79 Å². The number of carbonyl (C=O) groups is 3. The molecule has 2 heterocycles. The molecule has 0 bridgehead atoms. The quantitative estimate of drug-likeness (QED) is 0.371. The molecule has 0 saturated carbocycles. The predicted octanol–water partition coefficient (Wildman–Crippen LogP) is 3.33. The SMILES string of the molecule is O=CC(C(=O)N1CC[C@H](C(=O)O)C1)c1ccc2c(-c3ccccc3Cl)cc(=O)oc2c1. The maximum Gasteiger partial charge on any atom is 0.336 e. The minimum atomic E-state index is -1.12. The fourth-order valence-electron chi connectivity index (χ4n) is 3.91. The number of fused-ring (bicyclic) bond motifs is 1. The summed E-state index contributed by atoms with van der Waals surface area (Å²) < 4.78 is 5.34. The summed E-state index contributed by atoms with van der Waals surface area (Å²) in [5.74, 6) is -3.18. The number of amides is 1. The monoisotopic (exact) mass is 439 g/mol. The van der Waals surface area contributed by atoms with Crippen molar-refractivity contribution in [3.63, 3.8) is 0 Å². The van der Waals surface area contributed by atoms with E-state index in [9.17, 15) is 19.2 Å². The van der Waals surface area contributed by atoms with Crippen LogP contribution in [0.25, 0.3) is 22.1 Å². The Bertz CT molecular complexity index is 1250. The molecular formula is C23H18ClNO6. The van der Waals surface area contributed by atoms with Gasteiger partial charge in [0.05, 0.1) is 5.92 Å². The summed E-state index contributed by atoms with van der Waals surface area (Å²) in [4.78, 5) is 49.4. The first-order valence-corrected chi connectivity index (χ1v) is 10.1. The van der Waals surface area contributed by atoms with Gasteiger partial charge in [0.1, 0.15) is 17.8 Å². The maximum atomic E-state index is 12.9. The average molecular weight is 440 g/mol. The molecule has 0 spiro atoms. The Morgan fingerprint density at radius 2 is 1.94 bits per heavy atom. The molecule has 1 aliphatic heterocycles. The average Bonchev–Trinajstić information content (AvgIpc) is 3.24. The number of likely N-dealkylation sites (tertiary alicyclic amines) is 1. The van der Waals surface area contributed by atoms with Gasteiger partial charge in [-0.2, -0.15) is 0 Å². The topological polar surface area (TPSA) is 105 Å². The number of carboxylic acid groups (broad SMARTS) is 1. The molecule has 0 aliphatic carbocycles. The molecule has 158 valence electrons. The molecule has 1 saturated heterocycles. The summed E-state index contributed by atoms with van der Waals surface area (Å²) in [6, 6.07) is 13.2. The van der Waals surface area contributed by atoms with Crippen molar-refractivity contribution in [2.75, 3.05) is 13.1 Å². The van der Waals surface area contributed by atoms with Crippen LogP contribution in [-0.2, 0) is 14.4 Å². The van der Waals surface area contributed by atoms with E-state index in [4.69, 9.17) is 21.1 Å². The smallest absolute Gasteiger partial charge is 0.336 e. The highest BCUT2D eigenvalue weighted by atomic mass is 35.5. The van der Waals surface area contributed by atoms with Crippen molar-refractivity contribution in [2.45, 2.75) is 12.3 Å². The summed E-state index contributed by atoms with van der Waals surface area (Å²) >= 11 is 6.29. The Morgan fingerprint density at radius 1 is 1.16 bits per heavy atom. The van der Waals surface area contributed by atoms with Crippen LogP contribution in [0.3, 0.4) is 0 Å². The minimum absolute atomic E-state index is 0.0673. The van der Waals surface area contributed by atoms with Crippen LogP contribution in [0.5, 0.6) is 0 Å². The highest BCUT2D eigenvalue weighted by Gasteiger charge is 2.34. The first-order chi connectivity index (χ1) is 14.9. The van der Waals surface area contributed by atoms with Gasteiger partial charge < -0.3 is 19.2 Å². The number of hydrogen-bond acceptors (Lipinski definition) is 5. The molecular weight excluding hydrogens is 422 g/mol. The van der Waals surface area contributed by atoms with E-state index < -0.39 is 29.3 Å². The lowest BCUT2D eigenvalue weighted by Gasteiger charge is -2.20. The second-order valence-electron chi connectivity index (χ2n) is 7.44. The Hall–Kier alpha value is -3.45. The molecule has 1 unspecified atom stereocenters. The fraction of sp³-hybridized carbons (Fsp3) is 0.217. The van der Waals surface area contributed by atoms with E-state index in [0.29, 0.717) is 39.8 Å². The molecule has 3 aromatic rings. The second-order valence-corrected chi connectivity index (χ2v) is 7.84. The number of rotatable bonds is 5. The van der Waals surface area contributed by atoms with Crippen LogP contribution < -0.4 is 5.63 Å². The lowest BCUT2D eigenvalue weighted by Crippen LogP contribution is -2.34. The Kier molecular flexibility index (Phi) is 5.61. The summed E-state index contributed by atoms with van der Waals surface area (Å²) in [6.07, 6.45) is 0.869. The van der Waals surface area contributed by atoms with Gasteiger partial charge in [0.2, 0.25) is 5.91 Å². The largest absolute Gasteiger partial charge is 0.481 e. The first kappa shape index (κ1) is 20.8. The molecule has 0 radical (unpaired) electrons. The standard InChI is InChI=1S/C23H18ClNO6/c24-19-4-2-1-3-15(19)17-10-21(27)31-20-9-13(5-6-16(17)20)18(12-26)22(28)25-8-7-14(11-25)23(29)30/h1-6,9-10,12,14,18H,7-8,11H2,(H,29,30)/t14-,18?/m0/s1. The summed E-state index contributed by atoms with van der Waals surface area (Å²) in [6.45, 7) is 0.345. The number of carbonyl (C=O) groups excluding carboxylic acids is 2. The molecule has 1 amide bonds. The normalized spacial score (nSPS) is 16.9. The zero-order valence-electron chi connectivity index (χ0n) is 16.3. The molecule has 2 aromatic carbocycles. The van der Waals surface area contributed by atoms with E-state index >= 15 is 0 Å². The molecule has 2 atom stereocenters. The van der Waals surface area contributed by atoms with Crippen molar-refractivity contribution in [3.05, 3.63) is 69.5 Å². The fourth-order valence-corrected chi connectivity index (χ4v) is 4.15. The predicted molar refractivity (Wildman–Crippen MR) is 114 cm³/mol. The molecule has 1 aromatic heterocycles. The third-order valence-electron chi connectivity index (χ3n) is 5.54. The van der Waals surface area contributed by atoms with Crippen LogP contribution in [0.15, 0.2) is 57.7 Å². The van der Waals surface area contributed by atoms with Gasteiger partial charge in [0.15, 0.2) is 0 Å². The Balaban J connectivity index is 1.73. The molecule has 1 aliphatic rings. The maximum absolute atomic E-state index is 12.9. The van der Waals surface area contributed by atoms with Gasteiger partial charge >= 0.3 is 11.6 Å². The zero-order chi connectivity index (χ0) is 22.1. The molecule has 4 rings (SSSR count). The Labute approximate surface area is 181 Å². The zero-order valence-corrected chi connectivity index (χ0v) is 17.0. The number of halogens is 1. The lowest BCUT2D eigenvalue weighted by atomic mass is 9.95. The van der Waals surface area contributed by atoms with Crippen molar-refractivity contribution in [3.8, 4) is 11.1 Å². The molecule has 31 heavy (non-hydrogen) atoms. The van der Waals surface area contributed by atoms with Gasteiger partial charge in [0.25, 0.3) is 0 Å². The van der Waals surface area contributed by atoms with Crippen molar-refractivity contribution in [1.29, 1.82) is 0 Å². The van der Waals surface area contributed by atoms with Crippen molar-refractivity contribution in [1.82, 2.24) is 4.90 Å². The number of benzene rings is 2. The van der Waals surface area contributed by atoms with Crippen LogP contribution in [0.4, 0.5) is 0 Å². The molecule has 1 N–H and O–H groups in total. The summed E-state index contributed by atoms with van der Waals surface area (Å²) in [7, 11) is 0. The van der Waals surface area contributed by atoms with Crippen molar-refractivity contribution >= 4 is 40.7 Å². The van der Waals surface area contributed by atoms with E-state index in [-0.39, 0.29) is 18.7 Å². The molecule has 8 heteroatoms. The van der Waals surface area contributed by atoms with Crippen molar-refractivity contribution in [2.24, 2.45) is 5.92 Å². The number of nitrogens with zero attached hydrogens (tertiary/aromatic N) is 1. The van der Waals surface area contributed by atoms with E-state index in [2.05, 4.69) is 0 Å². The van der Waals surface area contributed by atoms with E-state index in [1.165, 1.54) is 17.0 Å². The van der Waals surface area contributed by atoms with Gasteiger partial charge in [-0.05, 0) is 24.1 Å². The minimum Gasteiger partial charge on any atom is -0.481 e. The van der Waals surface area contributed by atoms with Crippen LogP contribution in [0, 0.1) is 5.92 Å². The lowest BCUT2D eigenvalue weighted by molar-refractivity contribution is -0.141. The van der Waals surface area contributed by atoms with Gasteiger partial charge in [-0.3, -0.25) is 9.59 Å². The highest BCUT2D eigenvalue weighted by Crippen LogP contribution is 2.34. The Morgan fingerprint density at radius 3 is 2.61 bits per heavy atom. The third kappa shape index (κ3) is 3.96. The van der Waals surface area contributed by atoms with Gasteiger partial charge in [-0.15, -0.1) is 0 Å². The van der Waals surface area contributed by atoms with Crippen LogP contribution in [0.1, 0.15) is 17.9 Å². The summed E-state index contributed by atoms with van der Waals surface area (Å²) in [5.41, 5.74) is 1.25. The van der Waals surface area contributed by atoms with E-state index in [1.54, 1.807) is 36.4 Å². The highest BCUT2D eigenvalue weighted by molar-refractivity contribution is 6.33. The first-order valence-electron chi connectivity index (χ1n) is 9.68. The van der Waals surface area contributed by atoms with Crippen LogP contribution in [0.2, 0.25) is 5.02 Å². The number of aliphatic carboxylic acids is 1. The second kappa shape index (κ2) is 8.35. The van der Waals surface area contributed by atoms with Crippen LogP contribution >= 0.6 is 11.6 Å². The van der Waals surface area contributed by atoms with Gasteiger partial charge in [-0.1, -0.05) is 41.9 Å². The number of hydrogen-bond donors (Lipinski definition) is 1. The van der Waals surface area contributed by atoms with Crippen LogP contribution in [-0.4, -0.2) is 41.3 Å². The van der Waals surface area contributed by atoms with Crippen molar-refractivity contribution < 1.29 is 23.9 Å². The van der Waals surface area contributed by atoms with Gasteiger partial charge in [0, 0.05) is 40.7 Å². The molecule has 1 fully saturated rings. The molecule has 7 nitrogen and oxygen atoms in total. The number of carboxylic acids is 1. The third-order valence-corrected chi connectivity index (χ3v) is 5.87. The number of aldehydes is 1.